The number of rotatable bonds is 10. The molecule has 3 aromatic rings. The maximum atomic E-state index is 13.4. The van der Waals surface area contributed by atoms with Crippen molar-refractivity contribution in [2.45, 2.75) is 45.6 Å². The third-order valence-electron chi connectivity index (χ3n) is 5.88. The van der Waals surface area contributed by atoms with E-state index in [4.69, 9.17) is 9.47 Å². The van der Waals surface area contributed by atoms with Gasteiger partial charge in [-0.3, -0.25) is 9.89 Å². The number of H-pyrrole nitrogens is 1. The van der Waals surface area contributed by atoms with E-state index in [0.29, 0.717) is 24.6 Å². The van der Waals surface area contributed by atoms with Gasteiger partial charge >= 0.3 is 0 Å². The molecule has 0 aliphatic carbocycles. The lowest BCUT2D eigenvalue weighted by atomic mass is 9.95. The molecule has 6 nitrogen and oxygen atoms in total. The molecular weight excluding hydrogens is 402 g/mol. The van der Waals surface area contributed by atoms with Gasteiger partial charge in [0.05, 0.1) is 25.5 Å². The third kappa shape index (κ3) is 4.09. The molecule has 0 spiro atoms. The first-order valence-corrected chi connectivity index (χ1v) is 11.4. The summed E-state index contributed by atoms with van der Waals surface area (Å²) in [5.74, 6) is 1.40. The highest BCUT2D eigenvalue weighted by atomic mass is 16.5. The van der Waals surface area contributed by atoms with Crippen LogP contribution in [0.15, 0.2) is 48.5 Å². The highest BCUT2D eigenvalue weighted by molar-refractivity contribution is 6.00. The molecule has 0 saturated carbocycles. The van der Waals surface area contributed by atoms with E-state index >= 15 is 0 Å². The summed E-state index contributed by atoms with van der Waals surface area (Å²) < 4.78 is 11.5. The van der Waals surface area contributed by atoms with E-state index in [1.54, 1.807) is 7.11 Å². The van der Waals surface area contributed by atoms with Gasteiger partial charge in [-0.2, -0.15) is 5.10 Å². The first-order valence-electron chi connectivity index (χ1n) is 11.4. The summed E-state index contributed by atoms with van der Waals surface area (Å²) in [4.78, 5) is 15.3. The van der Waals surface area contributed by atoms with E-state index in [0.717, 1.165) is 53.8 Å². The number of hydrogen-bond acceptors (Lipinski definition) is 4. The molecule has 0 radical (unpaired) electrons. The smallest absolute Gasteiger partial charge is 0.273 e. The highest BCUT2D eigenvalue weighted by Gasteiger charge is 2.42. The minimum Gasteiger partial charge on any atom is -0.493 e. The first kappa shape index (κ1) is 21.9. The number of nitrogens with one attached hydrogen (secondary N) is 1. The quantitative estimate of drug-likeness (QED) is 0.422. The Morgan fingerprint density at radius 2 is 1.84 bits per heavy atom. The van der Waals surface area contributed by atoms with E-state index in [1.807, 2.05) is 53.4 Å². The Bertz CT molecular complexity index is 1060. The molecule has 0 bridgehead atoms. The van der Waals surface area contributed by atoms with Crippen molar-refractivity contribution in [2.75, 3.05) is 20.3 Å². The van der Waals surface area contributed by atoms with Gasteiger partial charge in [-0.15, -0.1) is 0 Å². The first-order chi connectivity index (χ1) is 15.7. The summed E-state index contributed by atoms with van der Waals surface area (Å²) in [6, 6.07) is 15.8. The molecule has 1 aliphatic rings. The van der Waals surface area contributed by atoms with Crippen LogP contribution >= 0.6 is 0 Å². The lowest BCUT2D eigenvalue weighted by Gasteiger charge is -2.27. The molecule has 1 N–H and O–H groups in total. The molecule has 1 amide bonds. The van der Waals surface area contributed by atoms with Crippen molar-refractivity contribution in [1.29, 1.82) is 0 Å². The normalized spacial score (nSPS) is 15.2. The zero-order chi connectivity index (χ0) is 22.5. The molecule has 1 unspecified atom stereocenters. The highest BCUT2D eigenvalue weighted by Crippen LogP contribution is 2.44. The number of unbranched alkanes of at least 4 members (excludes halogenated alkanes) is 2. The van der Waals surface area contributed by atoms with Crippen LogP contribution in [0.1, 0.15) is 67.2 Å². The lowest BCUT2D eigenvalue weighted by molar-refractivity contribution is 0.0740. The lowest BCUT2D eigenvalue weighted by Crippen LogP contribution is -2.30. The van der Waals surface area contributed by atoms with Gasteiger partial charge in [-0.1, -0.05) is 63.1 Å². The predicted molar refractivity (Wildman–Crippen MR) is 125 cm³/mol. The maximum Gasteiger partial charge on any atom is 0.273 e. The fourth-order valence-electron chi connectivity index (χ4n) is 4.31. The Hall–Kier alpha value is -3.28. The van der Waals surface area contributed by atoms with Gasteiger partial charge in [0.2, 0.25) is 0 Å². The molecule has 1 aromatic heterocycles. The molecule has 168 valence electrons. The SMILES string of the molecule is CCCCCN1C(=O)c2[nH]nc(-c3ccccc3)c2C1c1ccc(OCCC)c(OC)c1. The van der Waals surface area contributed by atoms with Crippen LogP contribution in [-0.4, -0.2) is 41.3 Å². The van der Waals surface area contributed by atoms with Gasteiger partial charge in [0.1, 0.15) is 5.69 Å². The standard InChI is InChI=1S/C26H31N3O3/c1-4-6-10-15-29-25(19-13-14-20(32-16-5-2)21(17-19)31-3)22-23(18-11-8-7-9-12-18)27-28-24(22)26(29)30/h7-9,11-14,17,25H,4-6,10,15-16H2,1-3H3,(H,27,28). The average Bonchev–Trinajstić information content (AvgIpc) is 3.37. The molecule has 32 heavy (non-hydrogen) atoms. The van der Waals surface area contributed by atoms with Crippen molar-refractivity contribution in [2.24, 2.45) is 0 Å². The Morgan fingerprint density at radius 3 is 2.56 bits per heavy atom. The van der Waals surface area contributed by atoms with Crippen LogP contribution in [0, 0.1) is 0 Å². The number of aromatic nitrogens is 2. The van der Waals surface area contributed by atoms with Crippen molar-refractivity contribution in [3.05, 3.63) is 65.4 Å². The zero-order valence-corrected chi connectivity index (χ0v) is 19.1. The fourth-order valence-corrected chi connectivity index (χ4v) is 4.31. The number of nitrogens with zero attached hydrogens (tertiary/aromatic N) is 2. The van der Waals surface area contributed by atoms with Gasteiger partial charge in [0, 0.05) is 17.7 Å². The van der Waals surface area contributed by atoms with Crippen LogP contribution in [0.4, 0.5) is 0 Å². The Morgan fingerprint density at radius 1 is 1.03 bits per heavy atom. The summed E-state index contributed by atoms with van der Waals surface area (Å²) in [5, 5.41) is 7.56. The minimum atomic E-state index is -0.225. The van der Waals surface area contributed by atoms with Crippen molar-refractivity contribution in [1.82, 2.24) is 15.1 Å². The molecule has 2 heterocycles. The molecule has 4 rings (SSSR count). The van der Waals surface area contributed by atoms with Crippen LogP contribution in [0.25, 0.3) is 11.3 Å². The second-order valence-corrected chi connectivity index (χ2v) is 8.09. The summed E-state index contributed by atoms with van der Waals surface area (Å²) in [6.45, 7) is 5.57. The maximum absolute atomic E-state index is 13.4. The van der Waals surface area contributed by atoms with Gasteiger partial charge in [-0.05, 0) is 30.5 Å². The average molecular weight is 434 g/mol. The summed E-state index contributed by atoms with van der Waals surface area (Å²) in [6.07, 6.45) is 4.07. The second-order valence-electron chi connectivity index (χ2n) is 8.09. The number of carbonyl (C=O) groups is 1. The minimum absolute atomic E-state index is 0.000982. The number of methoxy groups -OCH3 is 1. The Kier molecular flexibility index (Phi) is 6.78. The Balaban J connectivity index is 1.79. The van der Waals surface area contributed by atoms with Crippen LogP contribution in [0.3, 0.4) is 0 Å². The van der Waals surface area contributed by atoms with Gasteiger partial charge in [-0.25, -0.2) is 0 Å². The van der Waals surface area contributed by atoms with Gasteiger partial charge in [0.15, 0.2) is 11.5 Å². The second kappa shape index (κ2) is 9.90. The molecule has 0 fully saturated rings. The largest absolute Gasteiger partial charge is 0.493 e. The summed E-state index contributed by atoms with van der Waals surface area (Å²) in [5.41, 5.74) is 4.32. The summed E-state index contributed by atoms with van der Waals surface area (Å²) in [7, 11) is 1.65. The van der Waals surface area contributed by atoms with E-state index in [-0.39, 0.29) is 11.9 Å². The van der Waals surface area contributed by atoms with Crippen molar-refractivity contribution in [3.8, 4) is 22.8 Å². The van der Waals surface area contributed by atoms with E-state index in [9.17, 15) is 4.79 Å². The number of hydrogen-bond donors (Lipinski definition) is 1. The van der Waals surface area contributed by atoms with Gasteiger partial charge < -0.3 is 14.4 Å². The third-order valence-corrected chi connectivity index (χ3v) is 5.88. The van der Waals surface area contributed by atoms with E-state index < -0.39 is 0 Å². The summed E-state index contributed by atoms with van der Waals surface area (Å²) >= 11 is 0. The molecule has 0 saturated heterocycles. The van der Waals surface area contributed by atoms with Crippen LogP contribution < -0.4 is 9.47 Å². The van der Waals surface area contributed by atoms with E-state index in [1.165, 1.54) is 0 Å². The van der Waals surface area contributed by atoms with Crippen LogP contribution in [0.2, 0.25) is 0 Å². The van der Waals surface area contributed by atoms with Crippen LogP contribution in [-0.2, 0) is 0 Å². The molecule has 2 aromatic carbocycles. The van der Waals surface area contributed by atoms with Crippen molar-refractivity contribution in [3.63, 3.8) is 0 Å². The Labute approximate surface area is 189 Å². The number of aromatic amines is 1. The number of fused-ring (bicyclic) bond motifs is 1. The predicted octanol–water partition coefficient (Wildman–Crippen LogP) is 5.61. The van der Waals surface area contributed by atoms with Crippen molar-refractivity contribution >= 4 is 5.91 Å². The molecule has 6 heteroatoms. The number of carbonyl (C=O) groups excluding carboxylic acids is 1. The number of benzene rings is 2. The zero-order valence-electron chi connectivity index (χ0n) is 19.1. The number of amides is 1. The topological polar surface area (TPSA) is 67.5 Å². The van der Waals surface area contributed by atoms with E-state index in [2.05, 4.69) is 24.0 Å². The monoisotopic (exact) mass is 433 g/mol. The molecule has 1 aliphatic heterocycles. The fraction of sp³-hybridized carbons (Fsp3) is 0.385. The van der Waals surface area contributed by atoms with Crippen molar-refractivity contribution < 1.29 is 14.3 Å². The molecule has 1 atom stereocenters. The number of ether oxygens (including phenoxy) is 2. The van der Waals surface area contributed by atoms with Gasteiger partial charge in [0.25, 0.3) is 5.91 Å². The molecular formula is C26H31N3O3. The van der Waals surface area contributed by atoms with Crippen LogP contribution in [0.5, 0.6) is 11.5 Å².